The van der Waals surface area contributed by atoms with Gasteiger partial charge in [0.05, 0.1) is 0 Å². The number of hydrogen-bond acceptors (Lipinski definition) is 0. The summed E-state index contributed by atoms with van der Waals surface area (Å²) in [5.41, 5.74) is 5.27. The van der Waals surface area contributed by atoms with Crippen molar-refractivity contribution in [3.05, 3.63) is 47.6 Å². The molecule has 5 atom stereocenters. The fourth-order valence-electron chi connectivity index (χ4n) is 8.79. The Labute approximate surface area is 206 Å². The molecule has 2 saturated carbocycles. The fraction of sp³-hybridized carbons (Fsp3) is 0.758. The maximum absolute atomic E-state index is 4.04. The van der Waals surface area contributed by atoms with E-state index >= 15 is 0 Å². The molecule has 5 unspecified atom stereocenters. The second-order valence-electron chi connectivity index (χ2n) is 12.7. The highest BCUT2D eigenvalue weighted by Gasteiger charge is 2.41. The van der Waals surface area contributed by atoms with Crippen LogP contribution < -0.4 is 0 Å². The van der Waals surface area contributed by atoms with E-state index in [1.165, 1.54) is 89.0 Å². The Hall–Kier alpha value is -1.04. The molecule has 0 radical (unpaired) electrons. The summed E-state index contributed by atoms with van der Waals surface area (Å²) in [7, 11) is 0. The molecule has 4 aliphatic rings. The van der Waals surface area contributed by atoms with Crippen LogP contribution in [0.1, 0.15) is 111 Å². The smallest absolute Gasteiger partial charge is 0.0116 e. The van der Waals surface area contributed by atoms with Crippen LogP contribution in [-0.2, 0) is 0 Å². The summed E-state index contributed by atoms with van der Waals surface area (Å²) in [6.07, 6.45) is 28.5. The van der Waals surface area contributed by atoms with Crippen molar-refractivity contribution in [3.63, 3.8) is 0 Å². The van der Waals surface area contributed by atoms with E-state index < -0.39 is 0 Å². The monoisotopic (exact) mass is 448 g/mol. The predicted molar refractivity (Wildman–Crippen MR) is 145 cm³/mol. The largest absolute Gasteiger partial charge is 0.0991 e. The third kappa shape index (κ3) is 5.79. The van der Waals surface area contributed by atoms with Crippen LogP contribution >= 0.6 is 0 Å². The van der Waals surface area contributed by atoms with Crippen molar-refractivity contribution in [3.8, 4) is 0 Å². The molecule has 33 heavy (non-hydrogen) atoms. The van der Waals surface area contributed by atoms with Gasteiger partial charge < -0.3 is 0 Å². The second-order valence-corrected chi connectivity index (χ2v) is 12.7. The van der Waals surface area contributed by atoms with Gasteiger partial charge in [-0.05, 0) is 104 Å². The van der Waals surface area contributed by atoms with E-state index in [-0.39, 0.29) is 0 Å². The SMILES string of the molecule is C=C/C=C(\C=C/CC(CC1CC2=C1CCC2)C1CCCC2CCCCC21)C(C(C)C)C(C)C. The fourth-order valence-corrected chi connectivity index (χ4v) is 8.79. The van der Waals surface area contributed by atoms with Crippen LogP contribution in [0.5, 0.6) is 0 Å². The van der Waals surface area contributed by atoms with E-state index in [1.807, 2.05) is 17.2 Å². The van der Waals surface area contributed by atoms with Crippen molar-refractivity contribution in [1.29, 1.82) is 0 Å². The third-order valence-electron chi connectivity index (χ3n) is 10.1. The van der Waals surface area contributed by atoms with Gasteiger partial charge in [0.25, 0.3) is 0 Å². The van der Waals surface area contributed by atoms with Gasteiger partial charge in [0, 0.05) is 0 Å². The van der Waals surface area contributed by atoms with Crippen molar-refractivity contribution in [2.45, 2.75) is 111 Å². The van der Waals surface area contributed by atoms with Crippen LogP contribution in [0.2, 0.25) is 0 Å². The Morgan fingerprint density at radius 2 is 1.70 bits per heavy atom. The van der Waals surface area contributed by atoms with Crippen molar-refractivity contribution in [1.82, 2.24) is 0 Å². The maximum Gasteiger partial charge on any atom is -0.0116 e. The van der Waals surface area contributed by atoms with Gasteiger partial charge in [-0.3, -0.25) is 0 Å². The first kappa shape index (κ1) is 25.1. The zero-order valence-electron chi connectivity index (χ0n) is 22.3. The lowest BCUT2D eigenvalue weighted by Gasteiger charge is -2.46. The number of fused-ring (bicyclic) bond motifs is 1. The first-order chi connectivity index (χ1) is 16.0. The molecule has 0 heteroatoms. The molecule has 0 nitrogen and oxygen atoms in total. The number of allylic oxidation sites excluding steroid dienone is 7. The van der Waals surface area contributed by atoms with Gasteiger partial charge in [-0.1, -0.05) is 102 Å². The minimum atomic E-state index is 0.618. The number of rotatable bonds is 10. The second kappa shape index (κ2) is 11.6. The van der Waals surface area contributed by atoms with Gasteiger partial charge >= 0.3 is 0 Å². The van der Waals surface area contributed by atoms with Crippen LogP contribution in [0.25, 0.3) is 0 Å². The van der Waals surface area contributed by atoms with Gasteiger partial charge in [-0.15, -0.1) is 0 Å². The molecule has 0 spiro atoms. The van der Waals surface area contributed by atoms with Gasteiger partial charge in [-0.25, -0.2) is 0 Å². The van der Waals surface area contributed by atoms with E-state index in [9.17, 15) is 0 Å². The zero-order valence-corrected chi connectivity index (χ0v) is 22.3. The molecular weight excluding hydrogens is 396 g/mol. The third-order valence-corrected chi connectivity index (χ3v) is 10.1. The highest BCUT2D eigenvalue weighted by atomic mass is 14.5. The molecule has 4 aliphatic carbocycles. The van der Waals surface area contributed by atoms with Crippen LogP contribution in [0.3, 0.4) is 0 Å². The predicted octanol–water partition coefficient (Wildman–Crippen LogP) is 10.1. The zero-order chi connectivity index (χ0) is 23.4. The molecule has 0 aliphatic heterocycles. The summed E-state index contributed by atoms with van der Waals surface area (Å²) in [6.45, 7) is 13.6. The van der Waals surface area contributed by atoms with Gasteiger partial charge in [-0.2, -0.15) is 0 Å². The van der Waals surface area contributed by atoms with Crippen LogP contribution in [0.15, 0.2) is 47.6 Å². The molecule has 2 fully saturated rings. The summed E-state index contributed by atoms with van der Waals surface area (Å²) in [5.74, 6) is 6.85. The highest BCUT2D eigenvalue weighted by molar-refractivity contribution is 5.32. The normalized spacial score (nSPS) is 31.3. The molecule has 0 aromatic rings. The molecule has 0 aromatic heterocycles. The Kier molecular flexibility index (Phi) is 8.81. The molecule has 4 rings (SSSR count). The van der Waals surface area contributed by atoms with E-state index in [1.54, 1.807) is 0 Å². The molecule has 0 heterocycles. The Morgan fingerprint density at radius 1 is 0.939 bits per heavy atom. The molecule has 0 amide bonds. The van der Waals surface area contributed by atoms with Crippen LogP contribution in [0.4, 0.5) is 0 Å². The standard InChI is InChI=1S/C33H52/c1-6-12-26(33(23(2)3)24(4)5)15-9-16-28(22-29-21-27-17-11-19-30(27)29)32-20-10-14-25-13-7-8-18-31(25)32/h6,9,12,15,23-25,28-29,31-33H,1,7-8,10-11,13-14,16-22H2,2-5H3/b15-9-,26-12+. The lowest BCUT2D eigenvalue weighted by molar-refractivity contribution is 0.0559. The minimum Gasteiger partial charge on any atom is -0.0991 e. The molecule has 0 N–H and O–H groups in total. The number of hydrogen-bond donors (Lipinski definition) is 0. The van der Waals surface area contributed by atoms with E-state index in [2.05, 4.69) is 52.5 Å². The topological polar surface area (TPSA) is 0 Å². The quantitative estimate of drug-likeness (QED) is 0.230. The van der Waals surface area contributed by atoms with E-state index in [4.69, 9.17) is 0 Å². The Morgan fingerprint density at radius 3 is 2.42 bits per heavy atom. The Bertz CT molecular complexity index is 734. The molecular formula is C33H52. The average Bonchev–Trinajstić information content (AvgIpc) is 3.16. The van der Waals surface area contributed by atoms with Crippen LogP contribution in [0, 0.1) is 47.3 Å². The summed E-state index contributed by atoms with van der Waals surface area (Å²) in [6, 6.07) is 0. The summed E-state index contributed by atoms with van der Waals surface area (Å²) >= 11 is 0. The van der Waals surface area contributed by atoms with Gasteiger partial charge in [0.15, 0.2) is 0 Å². The summed E-state index contributed by atoms with van der Waals surface area (Å²) in [5, 5.41) is 0. The van der Waals surface area contributed by atoms with Crippen molar-refractivity contribution < 1.29 is 0 Å². The molecule has 0 saturated heterocycles. The van der Waals surface area contributed by atoms with Crippen LogP contribution in [-0.4, -0.2) is 0 Å². The molecule has 0 aromatic carbocycles. The lowest BCUT2D eigenvalue weighted by atomic mass is 9.59. The molecule has 184 valence electrons. The van der Waals surface area contributed by atoms with Crippen molar-refractivity contribution >= 4 is 0 Å². The average molecular weight is 449 g/mol. The summed E-state index contributed by atoms with van der Waals surface area (Å²) in [4.78, 5) is 0. The Balaban J connectivity index is 1.50. The first-order valence-corrected chi connectivity index (χ1v) is 14.7. The minimum absolute atomic E-state index is 0.618. The van der Waals surface area contributed by atoms with E-state index in [0.29, 0.717) is 17.8 Å². The lowest BCUT2D eigenvalue weighted by Crippen LogP contribution is -2.36. The van der Waals surface area contributed by atoms with Gasteiger partial charge in [0.1, 0.15) is 0 Å². The highest BCUT2D eigenvalue weighted by Crippen LogP contribution is 2.53. The van der Waals surface area contributed by atoms with E-state index in [0.717, 1.165) is 29.6 Å². The van der Waals surface area contributed by atoms with Gasteiger partial charge in [0.2, 0.25) is 0 Å². The first-order valence-electron chi connectivity index (χ1n) is 14.7. The summed E-state index contributed by atoms with van der Waals surface area (Å²) < 4.78 is 0. The van der Waals surface area contributed by atoms with Crippen molar-refractivity contribution in [2.24, 2.45) is 47.3 Å². The maximum atomic E-state index is 4.04. The molecule has 0 bridgehead atoms. The van der Waals surface area contributed by atoms with Crippen molar-refractivity contribution in [2.75, 3.05) is 0 Å².